The van der Waals surface area contributed by atoms with Gasteiger partial charge < -0.3 is 5.32 Å². The average Bonchev–Trinajstić information content (AvgIpc) is 2.51. The average molecular weight is 351 g/mol. The van der Waals surface area contributed by atoms with E-state index in [4.69, 9.17) is 28.5 Å². The third-order valence-electron chi connectivity index (χ3n) is 2.76. The zero-order valence-corrected chi connectivity index (χ0v) is 13.8. The number of carbonyl (C=O) groups excluding carboxylic acids is 1. The minimum absolute atomic E-state index is 0.148. The van der Waals surface area contributed by atoms with Crippen LogP contribution in [-0.2, 0) is 10.5 Å². The molecular formula is C16H12Cl2N2OS. The Bertz CT molecular complexity index is 728. The fourth-order valence-corrected chi connectivity index (χ4v) is 2.88. The zero-order chi connectivity index (χ0) is 15.9. The smallest absolute Gasteiger partial charge is 0.234 e. The summed E-state index contributed by atoms with van der Waals surface area (Å²) in [5, 5.41) is 12.5. The highest BCUT2D eigenvalue weighted by atomic mass is 35.5. The topological polar surface area (TPSA) is 52.9 Å². The third-order valence-corrected chi connectivity index (χ3v) is 4.33. The maximum atomic E-state index is 11.9. The molecule has 112 valence electrons. The van der Waals surface area contributed by atoms with E-state index in [1.54, 1.807) is 24.3 Å². The van der Waals surface area contributed by atoms with Gasteiger partial charge in [-0.15, -0.1) is 11.8 Å². The van der Waals surface area contributed by atoms with Crippen LogP contribution in [0.4, 0.5) is 5.69 Å². The Morgan fingerprint density at radius 2 is 2.05 bits per heavy atom. The quantitative estimate of drug-likeness (QED) is 0.847. The minimum Gasteiger partial charge on any atom is -0.324 e. The molecule has 6 heteroatoms. The van der Waals surface area contributed by atoms with Crippen LogP contribution in [0.15, 0.2) is 42.5 Å². The second-order valence-corrected chi connectivity index (χ2v) is 6.31. The summed E-state index contributed by atoms with van der Waals surface area (Å²) in [6.07, 6.45) is 0. The molecule has 0 aromatic heterocycles. The van der Waals surface area contributed by atoms with Gasteiger partial charge in [-0.25, -0.2) is 0 Å². The van der Waals surface area contributed by atoms with Crippen molar-refractivity contribution in [1.29, 1.82) is 5.26 Å². The van der Waals surface area contributed by atoms with Gasteiger partial charge in [0.25, 0.3) is 0 Å². The molecule has 2 rings (SSSR count). The summed E-state index contributed by atoms with van der Waals surface area (Å²) in [5.41, 5.74) is 2.14. The second kappa shape index (κ2) is 8.09. The summed E-state index contributed by atoms with van der Waals surface area (Å²) in [5.74, 6) is 0.803. The van der Waals surface area contributed by atoms with E-state index in [0.29, 0.717) is 32.8 Å². The van der Waals surface area contributed by atoms with Crippen LogP contribution in [0.3, 0.4) is 0 Å². The Balaban J connectivity index is 1.85. The first-order chi connectivity index (χ1) is 10.6. The Labute approximate surface area is 143 Å². The van der Waals surface area contributed by atoms with Crippen LogP contribution in [0, 0.1) is 11.3 Å². The van der Waals surface area contributed by atoms with E-state index in [-0.39, 0.29) is 5.91 Å². The van der Waals surface area contributed by atoms with E-state index >= 15 is 0 Å². The van der Waals surface area contributed by atoms with Crippen molar-refractivity contribution in [2.75, 3.05) is 11.1 Å². The molecule has 1 N–H and O–H groups in total. The lowest BCUT2D eigenvalue weighted by Crippen LogP contribution is -2.14. The molecule has 2 aromatic rings. The van der Waals surface area contributed by atoms with Gasteiger partial charge in [0, 0.05) is 10.8 Å². The van der Waals surface area contributed by atoms with Gasteiger partial charge in [-0.3, -0.25) is 4.79 Å². The van der Waals surface area contributed by atoms with E-state index in [0.717, 1.165) is 5.56 Å². The number of benzene rings is 2. The van der Waals surface area contributed by atoms with Gasteiger partial charge in [-0.1, -0.05) is 35.3 Å². The fourth-order valence-electron chi connectivity index (χ4n) is 1.77. The van der Waals surface area contributed by atoms with Crippen LogP contribution >= 0.6 is 35.0 Å². The highest BCUT2D eigenvalue weighted by molar-refractivity contribution is 7.99. The molecule has 2 aromatic carbocycles. The lowest BCUT2D eigenvalue weighted by Gasteiger charge is -2.07. The van der Waals surface area contributed by atoms with E-state index < -0.39 is 0 Å². The summed E-state index contributed by atoms with van der Waals surface area (Å²) in [6.45, 7) is 0. The molecular weight excluding hydrogens is 339 g/mol. The van der Waals surface area contributed by atoms with Crippen LogP contribution in [0.1, 0.15) is 11.1 Å². The van der Waals surface area contributed by atoms with E-state index in [9.17, 15) is 4.79 Å². The van der Waals surface area contributed by atoms with Crippen LogP contribution in [0.2, 0.25) is 10.0 Å². The molecule has 0 heterocycles. The van der Waals surface area contributed by atoms with Gasteiger partial charge in [0.2, 0.25) is 5.91 Å². The summed E-state index contributed by atoms with van der Waals surface area (Å²) in [4.78, 5) is 11.9. The molecule has 0 saturated carbocycles. The van der Waals surface area contributed by atoms with Gasteiger partial charge in [-0.05, 0) is 35.9 Å². The number of nitriles is 1. The van der Waals surface area contributed by atoms with Crippen LogP contribution in [0.25, 0.3) is 0 Å². The number of halogens is 2. The summed E-state index contributed by atoms with van der Waals surface area (Å²) in [7, 11) is 0. The van der Waals surface area contributed by atoms with Crippen LogP contribution in [-0.4, -0.2) is 11.7 Å². The fraction of sp³-hybridized carbons (Fsp3) is 0.125. The first kappa shape index (κ1) is 16.7. The zero-order valence-electron chi connectivity index (χ0n) is 11.5. The monoisotopic (exact) mass is 350 g/mol. The molecule has 0 aliphatic carbocycles. The normalized spacial score (nSPS) is 10.0. The van der Waals surface area contributed by atoms with Crippen molar-refractivity contribution in [2.45, 2.75) is 5.75 Å². The Morgan fingerprint density at radius 1 is 1.23 bits per heavy atom. The van der Waals surface area contributed by atoms with E-state index in [1.807, 2.05) is 18.2 Å². The first-order valence-corrected chi connectivity index (χ1v) is 8.31. The molecule has 1 amide bonds. The number of nitrogens with zero attached hydrogens (tertiary/aromatic N) is 1. The van der Waals surface area contributed by atoms with E-state index in [1.165, 1.54) is 11.8 Å². The third kappa shape index (κ3) is 4.96. The largest absolute Gasteiger partial charge is 0.324 e. The maximum absolute atomic E-state index is 11.9. The Hall–Kier alpha value is -1.67. The molecule has 22 heavy (non-hydrogen) atoms. The van der Waals surface area contributed by atoms with Crippen molar-refractivity contribution >= 4 is 46.6 Å². The lowest BCUT2D eigenvalue weighted by molar-refractivity contribution is -0.113. The van der Waals surface area contributed by atoms with Crippen LogP contribution in [0.5, 0.6) is 0 Å². The number of thioether (sulfide) groups is 1. The molecule has 0 radical (unpaired) electrons. The number of hydrogen-bond acceptors (Lipinski definition) is 3. The molecule has 0 unspecified atom stereocenters. The minimum atomic E-state index is -0.148. The number of nitrogens with one attached hydrogen (secondary N) is 1. The molecule has 0 atom stereocenters. The summed E-state index contributed by atoms with van der Waals surface area (Å²) < 4.78 is 0. The molecule has 0 aliphatic rings. The standard InChI is InChI=1S/C16H12Cl2N2OS/c17-13-4-5-14(18)15(7-13)20-16(21)10-22-9-12-3-1-2-11(6-12)8-19/h1-7H,9-10H2,(H,20,21). The number of anilines is 1. The Morgan fingerprint density at radius 3 is 2.82 bits per heavy atom. The lowest BCUT2D eigenvalue weighted by atomic mass is 10.2. The van der Waals surface area contributed by atoms with Gasteiger partial charge in [0.05, 0.1) is 28.1 Å². The summed E-state index contributed by atoms with van der Waals surface area (Å²) in [6, 6.07) is 14.3. The van der Waals surface area contributed by atoms with Crippen molar-refractivity contribution < 1.29 is 4.79 Å². The van der Waals surface area contributed by atoms with Crippen molar-refractivity contribution in [3.05, 3.63) is 63.6 Å². The molecule has 0 aliphatic heterocycles. The van der Waals surface area contributed by atoms with Gasteiger partial charge in [0.15, 0.2) is 0 Å². The SMILES string of the molecule is N#Cc1cccc(CSCC(=O)Nc2cc(Cl)ccc2Cl)c1. The number of carbonyl (C=O) groups is 1. The predicted molar refractivity (Wildman–Crippen MR) is 92.4 cm³/mol. The number of rotatable bonds is 5. The van der Waals surface area contributed by atoms with Crippen molar-refractivity contribution in [2.24, 2.45) is 0 Å². The van der Waals surface area contributed by atoms with Gasteiger partial charge >= 0.3 is 0 Å². The maximum Gasteiger partial charge on any atom is 0.234 e. The number of amides is 1. The number of hydrogen-bond donors (Lipinski definition) is 1. The first-order valence-electron chi connectivity index (χ1n) is 6.40. The van der Waals surface area contributed by atoms with Crippen LogP contribution < -0.4 is 5.32 Å². The van der Waals surface area contributed by atoms with Gasteiger partial charge in [0.1, 0.15) is 0 Å². The van der Waals surface area contributed by atoms with Gasteiger partial charge in [-0.2, -0.15) is 5.26 Å². The Kier molecular flexibility index (Phi) is 6.14. The van der Waals surface area contributed by atoms with Crippen molar-refractivity contribution in [3.8, 4) is 6.07 Å². The molecule has 0 fully saturated rings. The molecule has 0 bridgehead atoms. The predicted octanol–water partition coefficient (Wildman–Crippen LogP) is 4.74. The second-order valence-electron chi connectivity index (χ2n) is 4.48. The molecule has 0 saturated heterocycles. The van der Waals surface area contributed by atoms with Crippen molar-refractivity contribution in [3.63, 3.8) is 0 Å². The molecule has 3 nitrogen and oxygen atoms in total. The van der Waals surface area contributed by atoms with Crippen molar-refractivity contribution in [1.82, 2.24) is 0 Å². The highest BCUT2D eigenvalue weighted by Gasteiger charge is 2.07. The van der Waals surface area contributed by atoms with E-state index in [2.05, 4.69) is 11.4 Å². The summed E-state index contributed by atoms with van der Waals surface area (Å²) >= 11 is 13.3. The highest BCUT2D eigenvalue weighted by Crippen LogP contribution is 2.25. The molecule has 0 spiro atoms.